The Morgan fingerprint density at radius 3 is 2.40 bits per heavy atom. The van der Waals surface area contributed by atoms with Gasteiger partial charge in [0.15, 0.2) is 0 Å². The predicted molar refractivity (Wildman–Crippen MR) is 45.3 cm³/mol. The summed E-state index contributed by atoms with van der Waals surface area (Å²) < 4.78 is 0. The summed E-state index contributed by atoms with van der Waals surface area (Å²) in [5.41, 5.74) is -0.241. The maximum atomic E-state index is 5.24. The monoisotopic (exact) mass is 134 g/mol. The first kappa shape index (κ1) is 9.12. The maximum absolute atomic E-state index is 5.24. The van der Waals surface area contributed by atoms with E-state index in [2.05, 4.69) is 24.7 Å². The molecule has 0 heterocycles. The van der Waals surface area contributed by atoms with Crippen LogP contribution in [0.3, 0.4) is 0 Å². The molecule has 0 unspecified atom stereocenters. The molecule has 0 aromatic carbocycles. The third kappa shape index (κ3) is 4.04. The predicted octanol–water partition coefficient (Wildman–Crippen LogP) is 2.45. The molecule has 0 N–H and O–H groups in total. The molecule has 0 heteroatoms. The third-order valence-corrected chi connectivity index (χ3v) is 1.14. The average Bonchev–Trinajstić information content (AvgIpc) is 1.89. The minimum atomic E-state index is -0.241. The van der Waals surface area contributed by atoms with Gasteiger partial charge in [-0.2, -0.15) is 0 Å². The highest BCUT2D eigenvalue weighted by atomic mass is 14.1. The Morgan fingerprint density at radius 2 is 2.00 bits per heavy atom. The van der Waals surface area contributed by atoms with Gasteiger partial charge in [-0.25, -0.2) is 0 Å². The van der Waals surface area contributed by atoms with Gasteiger partial charge in [-0.1, -0.05) is 18.8 Å². The van der Waals surface area contributed by atoms with Crippen LogP contribution in [0.25, 0.3) is 0 Å². The van der Waals surface area contributed by atoms with E-state index in [-0.39, 0.29) is 5.41 Å². The van der Waals surface area contributed by atoms with Crippen molar-refractivity contribution in [2.24, 2.45) is 5.41 Å². The van der Waals surface area contributed by atoms with Crippen LogP contribution in [-0.2, 0) is 0 Å². The van der Waals surface area contributed by atoms with Crippen LogP contribution in [0.2, 0.25) is 0 Å². The molecule has 0 atom stereocenters. The van der Waals surface area contributed by atoms with Gasteiger partial charge in [0, 0.05) is 6.42 Å². The summed E-state index contributed by atoms with van der Waals surface area (Å²) in [6.07, 6.45) is 7.29. The lowest BCUT2D eigenvalue weighted by Crippen LogP contribution is -2.02. The largest absolute Gasteiger partial charge is 0.119 e. The van der Waals surface area contributed by atoms with Gasteiger partial charge in [-0.3, -0.25) is 0 Å². The van der Waals surface area contributed by atoms with Gasteiger partial charge in [-0.05, 0) is 20.3 Å². The van der Waals surface area contributed by atoms with Crippen LogP contribution in [0.1, 0.15) is 33.6 Å². The Hall–Kier alpha value is -0.880. The van der Waals surface area contributed by atoms with Crippen molar-refractivity contribution in [3.05, 3.63) is 0 Å². The molecule has 0 aromatic heterocycles. The summed E-state index contributed by atoms with van der Waals surface area (Å²) in [7, 11) is 0. The molecule has 0 aliphatic rings. The van der Waals surface area contributed by atoms with Crippen LogP contribution in [0.5, 0.6) is 0 Å². The second kappa shape index (κ2) is 4.02. The van der Waals surface area contributed by atoms with Crippen molar-refractivity contribution < 1.29 is 0 Å². The van der Waals surface area contributed by atoms with E-state index in [0.29, 0.717) is 0 Å². The normalized spacial score (nSPS) is 9.40. The SMILES string of the molecule is C#CC(C)(C)C#CCCC. The summed E-state index contributed by atoms with van der Waals surface area (Å²) in [4.78, 5) is 0. The van der Waals surface area contributed by atoms with E-state index < -0.39 is 0 Å². The zero-order chi connectivity index (χ0) is 8.04. The van der Waals surface area contributed by atoms with Crippen LogP contribution in [-0.4, -0.2) is 0 Å². The lowest BCUT2D eigenvalue weighted by molar-refractivity contribution is 0.685. The van der Waals surface area contributed by atoms with Crippen molar-refractivity contribution in [1.29, 1.82) is 0 Å². The maximum Gasteiger partial charge on any atom is 0.0860 e. The number of unbranched alkanes of at least 4 members (excludes halogenated alkanes) is 1. The summed E-state index contributed by atoms with van der Waals surface area (Å²) in [5, 5.41) is 0. The van der Waals surface area contributed by atoms with Gasteiger partial charge in [0.1, 0.15) is 0 Å². The zero-order valence-corrected chi connectivity index (χ0v) is 6.99. The summed E-state index contributed by atoms with van der Waals surface area (Å²) in [6.45, 7) is 6.02. The van der Waals surface area contributed by atoms with Crippen molar-refractivity contribution in [2.75, 3.05) is 0 Å². The van der Waals surface area contributed by atoms with Crippen molar-refractivity contribution in [3.63, 3.8) is 0 Å². The van der Waals surface area contributed by atoms with Crippen LogP contribution in [0, 0.1) is 29.6 Å². The van der Waals surface area contributed by atoms with Crippen molar-refractivity contribution in [2.45, 2.75) is 33.6 Å². The number of hydrogen-bond acceptors (Lipinski definition) is 0. The van der Waals surface area contributed by atoms with Gasteiger partial charge >= 0.3 is 0 Å². The van der Waals surface area contributed by atoms with Crippen LogP contribution < -0.4 is 0 Å². The smallest absolute Gasteiger partial charge is 0.0860 e. The standard InChI is InChI=1S/C10H14/c1-5-7-8-9-10(3,4)6-2/h2H,5,7H2,1,3-4H3. The van der Waals surface area contributed by atoms with E-state index in [1.165, 1.54) is 0 Å². The topological polar surface area (TPSA) is 0 Å². The third-order valence-electron chi connectivity index (χ3n) is 1.14. The van der Waals surface area contributed by atoms with Gasteiger partial charge in [0.05, 0.1) is 5.41 Å². The van der Waals surface area contributed by atoms with Gasteiger partial charge < -0.3 is 0 Å². The minimum Gasteiger partial charge on any atom is -0.119 e. The minimum absolute atomic E-state index is 0.241. The Labute approximate surface area is 64.0 Å². The lowest BCUT2D eigenvalue weighted by Gasteiger charge is -2.05. The highest BCUT2D eigenvalue weighted by Crippen LogP contribution is 2.09. The quantitative estimate of drug-likeness (QED) is 0.483. The molecule has 0 nitrogen and oxygen atoms in total. The molecule has 54 valence electrons. The van der Waals surface area contributed by atoms with E-state index in [1.54, 1.807) is 0 Å². The molecule has 0 radical (unpaired) electrons. The van der Waals surface area contributed by atoms with Gasteiger partial charge in [0.2, 0.25) is 0 Å². The lowest BCUT2D eigenvalue weighted by atomic mass is 9.96. The molecule has 0 aliphatic carbocycles. The van der Waals surface area contributed by atoms with E-state index in [4.69, 9.17) is 6.42 Å². The molecule has 10 heavy (non-hydrogen) atoms. The Kier molecular flexibility index (Phi) is 3.67. The Bertz CT molecular complexity index is 180. The summed E-state index contributed by atoms with van der Waals surface area (Å²) in [5.74, 6) is 8.68. The van der Waals surface area contributed by atoms with Crippen molar-refractivity contribution in [1.82, 2.24) is 0 Å². The van der Waals surface area contributed by atoms with Crippen LogP contribution in [0.15, 0.2) is 0 Å². The van der Waals surface area contributed by atoms with Crippen LogP contribution >= 0.6 is 0 Å². The number of rotatable bonds is 1. The molecule has 0 fully saturated rings. The van der Waals surface area contributed by atoms with E-state index in [9.17, 15) is 0 Å². The van der Waals surface area contributed by atoms with E-state index in [1.807, 2.05) is 13.8 Å². The van der Waals surface area contributed by atoms with E-state index >= 15 is 0 Å². The zero-order valence-electron chi connectivity index (χ0n) is 6.99. The fraction of sp³-hybridized carbons (Fsp3) is 0.600. The van der Waals surface area contributed by atoms with Crippen molar-refractivity contribution in [3.8, 4) is 24.2 Å². The summed E-state index contributed by atoms with van der Waals surface area (Å²) >= 11 is 0. The average molecular weight is 134 g/mol. The highest BCUT2D eigenvalue weighted by Gasteiger charge is 2.06. The molecule has 0 amide bonds. The molecule has 0 aromatic rings. The van der Waals surface area contributed by atoms with Gasteiger partial charge in [0.25, 0.3) is 0 Å². The highest BCUT2D eigenvalue weighted by molar-refractivity contribution is 5.20. The molecule has 0 rings (SSSR count). The van der Waals surface area contributed by atoms with E-state index in [0.717, 1.165) is 12.8 Å². The number of terminal acetylenes is 1. The first-order chi connectivity index (χ1) is 4.62. The first-order valence-corrected chi connectivity index (χ1v) is 3.60. The Morgan fingerprint density at radius 1 is 1.40 bits per heavy atom. The molecule has 0 saturated heterocycles. The first-order valence-electron chi connectivity index (χ1n) is 3.60. The molecule has 0 spiro atoms. The second-order valence-corrected chi connectivity index (χ2v) is 2.82. The molecule has 0 bridgehead atoms. The number of hydrogen-bond donors (Lipinski definition) is 0. The fourth-order valence-corrected chi connectivity index (χ4v) is 0.445. The molecule has 0 aliphatic heterocycles. The molecule has 0 saturated carbocycles. The van der Waals surface area contributed by atoms with Crippen LogP contribution in [0.4, 0.5) is 0 Å². The molecular weight excluding hydrogens is 120 g/mol. The fourth-order valence-electron chi connectivity index (χ4n) is 0.445. The van der Waals surface area contributed by atoms with Crippen molar-refractivity contribution >= 4 is 0 Å². The van der Waals surface area contributed by atoms with Gasteiger partial charge in [-0.15, -0.1) is 12.3 Å². The molecular formula is C10H14. The Balaban J connectivity index is 3.93. The summed E-state index contributed by atoms with van der Waals surface area (Å²) in [6, 6.07) is 0. The second-order valence-electron chi connectivity index (χ2n) is 2.82.